The first-order valence-electron chi connectivity index (χ1n) is 6.73. The van der Waals surface area contributed by atoms with Gasteiger partial charge in [0.25, 0.3) is 5.91 Å². The van der Waals surface area contributed by atoms with E-state index in [4.69, 9.17) is 0 Å². The number of piperidine rings is 1. The van der Waals surface area contributed by atoms with E-state index in [0.29, 0.717) is 25.9 Å². The van der Waals surface area contributed by atoms with Crippen LogP contribution in [0, 0.1) is 6.92 Å². The van der Waals surface area contributed by atoms with E-state index in [-0.39, 0.29) is 5.91 Å². The highest BCUT2D eigenvalue weighted by atomic mass is 16.3. The monoisotopic (exact) mass is 262 g/mol. The maximum Gasteiger partial charge on any atom is 0.253 e. The standard InChI is InChI=1S/C15H22N2O2/c1-11-10-12(4-5-13(11)16-3)14(18)17-8-6-15(2,19)7-9-17/h4-5,10,16,19H,6-9H2,1-3H3. The molecule has 4 nitrogen and oxygen atoms in total. The van der Waals surface area contributed by atoms with Gasteiger partial charge in [-0.15, -0.1) is 0 Å². The van der Waals surface area contributed by atoms with Crippen molar-refractivity contribution in [2.45, 2.75) is 32.3 Å². The fourth-order valence-corrected chi connectivity index (χ4v) is 2.45. The summed E-state index contributed by atoms with van der Waals surface area (Å²) in [5.74, 6) is 0.0567. The Bertz CT molecular complexity index is 473. The third-order valence-corrected chi connectivity index (χ3v) is 3.87. The zero-order valence-corrected chi connectivity index (χ0v) is 11.9. The molecular formula is C15H22N2O2. The summed E-state index contributed by atoms with van der Waals surface area (Å²) in [5, 5.41) is 13.0. The molecule has 2 N–H and O–H groups in total. The average molecular weight is 262 g/mol. The second-order valence-corrected chi connectivity index (χ2v) is 5.57. The number of carbonyl (C=O) groups excluding carboxylic acids is 1. The van der Waals surface area contributed by atoms with Gasteiger partial charge in [0.15, 0.2) is 0 Å². The van der Waals surface area contributed by atoms with Crippen LogP contribution in [0.4, 0.5) is 5.69 Å². The number of benzene rings is 1. The van der Waals surface area contributed by atoms with Crippen LogP contribution in [0.1, 0.15) is 35.7 Å². The van der Waals surface area contributed by atoms with Crippen molar-refractivity contribution in [3.63, 3.8) is 0 Å². The Kier molecular flexibility index (Phi) is 3.80. The molecule has 0 aromatic heterocycles. The number of rotatable bonds is 2. The van der Waals surface area contributed by atoms with Crippen molar-refractivity contribution in [1.29, 1.82) is 0 Å². The van der Waals surface area contributed by atoms with E-state index in [1.165, 1.54) is 0 Å². The van der Waals surface area contributed by atoms with Gasteiger partial charge in [-0.25, -0.2) is 0 Å². The summed E-state index contributed by atoms with van der Waals surface area (Å²) in [6.07, 6.45) is 1.29. The third kappa shape index (κ3) is 3.07. The lowest BCUT2D eigenvalue weighted by atomic mass is 9.93. The highest BCUT2D eigenvalue weighted by molar-refractivity contribution is 5.95. The van der Waals surface area contributed by atoms with E-state index in [2.05, 4.69) is 5.32 Å². The lowest BCUT2D eigenvalue weighted by Crippen LogP contribution is -2.45. The first-order chi connectivity index (χ1) is 8.93. The molecule has 2 rings (SSSR count). The van der Waals surface area contributed by atoms with Crippen LogP contribution >= 0.6 is 0 Å². The van der Waals surface area contributed by atoms with Gasteiger partial charge in [-0.1, -0.05) is 0 Å². The van der Waals surface area contributed by atoms with Crippen molar-refractivity contribution in [1.82, 2.24) is 4.90 Å². The van der Waals surface area contributed by atoms with Crippen LogP contribution in [-0.4, -0.2) is 41.7 Å². The topological polar surface area (TPSA) is 52.6 Å². The minimum absolute atomic E-state index is 0.0567. The van der Waals surface area contributed by atoms with Gasteiger partial charge in [-0.2, -0.15) is 0 Å². The van der Waals surface area contributed by atoms with Gasteiger partial charge in [-0.05, 0) is 50.5 Å². The van der Waals surface area contributed by atoms with E-state index in [1.807, 2.05) is 44.0 Å². The molecule has 0 unspecified atom stereocenters. The van der Waals surface area contributed by atoms with Crippen LogP contribution in [0.5, 0.6) is 0 Å². The molecule has 1 fully saturated rings. The molecule has 1 aliphatic heterocycles. The number of carbonyl (C=O) groups is 1. The second kappa shape index (κ2) is 5.21. The van der Waals surface area contributed by atoms with Crippen molar-refractivity contribution < 1.29 is 9.90 Å². The molecule has 0 saturated carbocycles. The summed E-state index contributed by atoms with van der Waals surface area (Å²) in [6.45, 7) is 5.07. The Hall–Kier alpha value is -1.55. The minimum Gasteiger partial charge on any atom is -0.390 e. The van der Waals surface area contributed by atoms with Gasteiger partial charge >= 0.3 is 0 Å². The molecular weight excluding hydrogens is 240 g/mol. The maximum absolute atomic E-state index is 12.4. The molecule has 0 aliphatic carbocycles. The summed E-state index contributed by atoms with van der Waals surface area (Å²) in [7, 11) is 1.87. The highest BCUT2D eigenvalue weighted by Crippen LogP contribution is 2.23. The van der Waals surface area contributed by atoms with Crippen LogP contribution in [0.15, 0.2) is 18.2 Å². The Morgan fingerprint density at radius 3 is 2.53 bits per heavy atom. The molecule has 0 spiro atoms. The number of likely N-dealkylation sites (tertiary alicyclic amines) is 1. The number of hydrogen-bond donors (Lipinski definition) is 2. The zero-order chi connectivity index (χ0) is 14.0. The molecule has 19 heavy (non-hydrogen) atoms. The van der Waals surface area contributed by atoms with Gasteiger partial charge in [0.1, 0.15) is 0 Å². The number of nitrogens with zero attached hydrogens (tertiary/aromatic N) is 1. The molecule has 1 aromatic rings. The van der Waals surface area contributed by atoms with Crippen molar-refractivity contribution >= 4 is 11.6 Å². The molecule has 1 amide bonds. The number of hydrogen-bond acceptors (Lipinski definition) is 3. The van der Waals surface area contributed by atoms with Gasteiger partial charge in [0, 0.05) is 31.4 Å². The third-order valence-electron chi connectivity index (χ3n) is 3.87. The molecule has 104 valence electrons. The van der Waals surface area contributed by atoms with E-state index >= 15 is 0 Å². The van der Waals surface area contributed by atoms with Gasteiger partial charge in [0.2, 0.25) is 0 Å². The highest BCUT2D eigenvalue weighted by Gasteiger charge is 2.29. The van der Waals surface area contributed by atoms with Crippen LogP contribution < -0.4 is 5.32 Å². The largest absolute Gasteiger partial charge is 0.390 e. The summed E-state index contributed by atoms with van der Waals surface area (Å²) in [5.41, 5.74) is 2.21. The Balaban J connectivity index is 2.10. The maximum atomic E-state index is 12.4. The summed E-state index contributed by atoms with van der Waals surface area (Å²) in [6, 6.07) is 5.71. The SMILES string of the molecule is CNc1ccc(C(=O)N2CCC(C)(O)CC2)cc1C. The lowest BCUT2D eigenvalue weighted by molar-refractivity contribution is -0.00202. The van der Waals surface area contributed by atoms with E-state index in [9.17, 15) is 9.90 Å². The number of anilines is 1. The molecule has 0 bridgehead atoms. The van der Waals surface area contributed by atoms with Crippen molar-refractivity contribution in [2.24, 2.45) is 0 Å². The second-order valence-electron chi connectivity index (χ2n) is 5.57. The molecule has 1 saturated heterocycles. The molecule has 1 aliphatic rings. The number of amides is 1. The Labute approximate surface area is 114 Å². The number of aryl methyl sites for hydroxylation is 1. The van der Waals surface area contributed by atoms with E-state index in [0.717, 1.165) is 16.8 Å². The van der Waals surface area contributed by atoms with Crippen LogP contribution in [0.3, 0.4) is 0 Å². The molecule has 0 radical (unpaired) electrons. The van der Waals surface area contributed by atoms with Crippen LogP contribution in [0.2, 0.25) is 0 Å². The molecule has 0 atom stereocenters. The predicted octanol–water partition coefficient (Wildman–Crippen LogP) is 2.02. The summed E-state index contributed by atoms with van der Waals surface area (Å²) in [4.78, 5) is 14.2. The van der Waals surface area contributed by atoms with Gasteiger partial charge < -0.3 is 15.3 Å². The lowest BCUT2D eigenvalue weighted by Gasteiger charge is -2.35. The van der Waals surface area contributed by atoms with Gasteiger partial charge in [0.05, 0.1) is 5.60 Å². The Morgan fingerprint density at radius 2 is 2.00 bits per heavy atom. The van der Waals surface area contributed by atoms with Crippen molar-refractivity contribution in [2.75, 3.05) is 25.5 Å². The predicted molar refractivity (Wildman–Crippen MR) is 76.5 cm³/mol. The van der Waals surface area contributed by atoms with E-state index < -0.39 is 5.60 Å². The van der Waals surface area contributed by atoms with Crippen molar-refractivity contribution in [3.8, 4) is 0 Å². The van der Waals surface area contributed by atoms with E-state index in [1.54, 1.807) is 0 Å². The number of nitrogens with one attached hydrogen (secondary N) is 1. The quantitative estimate of drug-likeness (QED) is 0.857. The van der Waals surface area contributed by atoms with Crippen LogP contribution in [-0.2, 0) is 0 Å². The fourth-order valence-electron chi connectivity index (χ4n) is 2.45. The summed E-state index contributed by atoms with van der Waals surface area (Å²) < 4.78 is 0. The average Bonchev–Trinajstić information content (AvgIpc) is 2.38. The summed E-state index contributed by atoms with van der Waals surface area (Å²) >= 11 is 0. The first kappa shape index (κ1) is 13.9. The minimum atomic E-state index is -0.622. The van der Waals surface area contributed by atoms with Crippen molar-refractivity contribution in [3.05, 3.63) is 29.3 Å². The smallest absolute Gasteiger partial charge is 0.253 e. The fraction of sp³-hybridized carbons (Fsp3) is 0.533. The zero-order valence-electron chi connectivity index (χ0n) is 11.9. The molecule has 1 heterocycles. The first-order valence-corrected chi connectivity index (χ1v) is 6.73. The number of aliphatic hydroxyl groups is 1. The Morgan fingerprint density at radius 1 is 1.37 bits per heavy atom. The molecule has 4 heteroatoms. The van der Waals surface area contributed by atoms with Gasteiger partial charge in [-0.3, -0.25) is 4.79 Å². The normalized spacial score (nSPS) is 18.2. The molecule has 1 aromatic carbocycles. The van der Waals surface area contributed by atoms with Crippen LogP contribution in [0.25, 0.3) is 0 Å².